The van der Waals surface area contributed by atoms with Crippen molar-refractivity contribution in [2.24, 2.45) is 5.73 Å². The molecule has 3 N–H and O–H groups in total. The molecule has 0 saturated heterocycles. The monoisotopic (exact) mass is 529 g/mol. The smallest absolute Gasteiger partial charge is 0.355 e. The third-order valence-electron chi connectivity index (χ3n) is 5.12. The average Bonchev–Trinajstić information content (AvgIpc) is 2.83. The number of benzene rings is 2. The van der Waals surface area contributed by atoms with Crippen LogP contribution in [-0.4, -0.2) is 37.2 Å². The van der Waals surface area contributed by atoms with Crippen molar-refractivity contribution in [2.45, 2.75) is 5.92 Å². The lowest BCUT2D eigenvalue weighted by Crippen LogP contribution is -2.41. The molecule has 0 spiro atoms. The first-order valence-corrected chi connectivity index (χ1v) is 10.3. The number of nitriles is 1. The third-order valence-corrected chi connectivity index (χ3v) is 5.77. The number of carboxylic acid groups (broad SMARTS) is 1. The number of aromatic carboxylic acids is 1. The van der Waals surface area contributed by atoms with Gasteiger partial charge in [0.2, 0.25) is 0 Å². The first-order chi connectivity index (χ1) is 16.2. The highest BCUT2D eigenvalue weighted by Gasteiger charge is 2.43. The maximum atomic E-state index is 15.2. The van der Waals surface area contributed by atoms with Crippen LogP contribution >= 0.6 is 15.9 Å². The number of methoxy groups -OCH3 is 2. The Kier molecular flexibility index (Phi) is 7.03. The molecule has 174 valence electrons. The van der Waals surface area contributed by atoms with E-state index in [0.29, 0.717) is 5.56 Å². The number of anilines is 1. The third kappa shape index (κ3) is 4.11. The molecule has 0 bridgehead atoms. The number of hydrogen-bond acceptors (Lipinski definition) is 8. The standard InChI is InChI=1S/C23H17BrFN3O6/c1-33-22(31)18-17(11-6-4-3-5-7-11)13(10-26)20(27)28(19(18)23(32)34-2)16-9-14(24)12(21(29)30)8-15(16)25/h3-9,17H,27H2,1-2H3,(H,29,30). The maximum absolute atomic E-state index is 15.2. The van der Waals surface area contributed by atoms with E-state index in [4.69, 9.17) is 15.2 Å². The lowest BCUT2D eigenvalue weighted by atomic mass is 9.81. The van der Waals surface area contributed by atoms with Crippen molar-refractivity contribution in [1.82, 2.24) is 0 Å². The minimum Gasteiger partial charge on any atom is -0.478 e. The summed E-state index contributed by atoms with van der Waals surface area (Å²) in [6.07, 6.45) is 0. The molecule has 1 aliphatic rings. The fourth-order valence-electron chi connectivity index (χ4n) is 3.64. The number of carbonyl (C=O) groups excluding carboxylic acids is 2. The Bertz CT molecular complexity index is 1300. The number of carbonyl (C=O) groups is 3. The first kappa shape index (κ1) is 24.5. The Labute approximate surface area is 201 Å². The largest absolute Gasteiger partial charge is 0.478 e. The molecular weight excluding hydrogens is 513 g/mol. The number of carboxylic acids is 1. The summed E-state index contributed by atoms with van der Waals surface area (Å²) in [4.78, 5) is 38.1. The summed E-state index contributed by atoms with van der Waals surface area (Å²) in [7, 11) is 2.14. The Morgan fingerprint density at radius 2 is 1.76 bits per heavy atom. The van der Waals surface area contributed by atoms with Crippen molar-refractivity contribution >= 4 is 39.5 Å². The van der Waals surface area contributed by atoms with E-state index < -0.39 is 41.0 Å². The van der Waals surface area contributed by atoms with E-state index in [1.807, 2.05) is 6.07 Å². The summed E-state index contributed by atoms with van der Waals surface area (Å²) < 4.78 is 24.9. The van der Waals surface area contributed by atoms with E-state index in [0.717, 1.165) is 31.3 Å². The predicted octanol–water partition coefficient (Wildman–Crippen LogP) is 3.18. The summed E-state index contributed by atoms with van der Waals surface area (Å²) in [5.41, 5.74) is 5.02. The van der Waals surface area contributed by atoms with E-state index >= 15 is 4.39 Å². The second-order valence-electron chi connectivity index (χ2n) is 6.92. The van der Waals surface area contributed by atoms with Crippen LogP contribution in [0.25, 0.3) is 0 Å². The predicted molar refractivity (Wildman–Crippen MR) is 121 cm³/mol. The molecule has 3 rings (SSSR count). The highest BCUT2D eigenvalue weighted by atomic mass is 79.9. The lowest BCUT2D eigenvalue weighted by molar-refractivity contribution is -0.139. The first-order valence-electron chi connectivity index (χ1n) is 9.55. The summed E-state index contributed by atoms with van der Waals surface area (Å²) in [5, 5.41) is 19.2. The molecule has 34 heavy (non-hydrogen) atoms. The van der Waals surface area contributed by atoms with Gasteiger partial charge in [-0.25, -0.2) is 18.8 Å². The number of rotatable bonds is 5. The number of hydrogen-bond donors (Lipinski definition) is 2. The molecule has 9 nitrogen and oxygen atoms in total. The van der Waals surface area contributed by atoms with Gasteiger partial charge < -0.3 is 20.3 Å². The van der Waals surface area contributed by atoms with Crippen molar-refractivity contribution in [3.8, 4) is 6.07 Å². The number of ether oxygens (including phenoxy) is 2. The Balaban J connectivity index is 2.45. The van der Waals surface area contributed by atoms with Gasteiger partial charge in [0, 0.05) is 4.47 Å². The Hall–Kier alpha value is -4.17. The van der Waals surface area contributed by atoms with Crippen molar-refractivity contribution in [3.63, 3.8) is 0 Å². The zero-order valence-electron chi connectivity index (χ0n) is 17.8. The molecule has 2 aromatic rings. The fraction of sp³-hybridized carbons (Fsp3) is 0.130. The number of nitrogens with two attached hydrogens (primary N) is 1. The average molecular weight is 530 g/mol. The van der Waals surface area contributed by atoms with Crippen molar-refractivity contribution in [3.05, 3.63) is 86.5 Å². The van der Waals surface area contributed by atoms with Crippen LogP contribution in [0.15, 0.2) is 69.6 Å². The molecule has 1 atom stereocenters. The van der Waals surface area contributed by atoms with E-state index in [-0.39, 0.29) is 27.0 Å². The summed E-state index contributed by atoms with van der Waals surface area (Å²) >= 11 is 3.06. The molecule has 1 aliphatic heterocycles. The molecule has 0 aliphatic carbocycles. The van der Waals surface area contributed by atoms with Gasteiger partial charge in [-0.3, -0.25) is 4.90 Å². The Morgan fingerprint density at radius 3 is 2.29 bits per heavy atom. The van der Waals surface area contributed by atoms with E-state index in [2.05, 4.69) is 15.9 Å². The van der Waals surface area contributed by atoms with Gasteiger partial charge in [0.25, 0.3) is 0 Å². The van der Waals surface area contributed by atoms with Crippen LogP contribution in [0.4, 0.5) is 10.1 Å². The van der Waals surface area contributed by atoms with Crippen molar-refractivity contribution in [1.29, 1.82) is 5.26 Å². The molecule has 0 aromatic heterocycles. The zero-order valence-corrected chi connectivity index (χ0v) is 19.4. The molecule has 2 aromatic carbocycles. The number of allylic oxidation sites excluding steroid dienone is 1. The van der Waals surface area contributed by atoms with Gasteiger partial charge in [-0.05, 0) is 33.6 Å². The zero-order chi connectivity index (χ0) is 25.2. The van der Waals surface area contributed by atoms with E-state index in [1.165, 1.54) is 0 Å². The van der Waals surface area contributed by atoms with Gasteiger partial charge >= 0.3 is 17.9 Å². The van der Waals surface area contributed by atoms with E-state index in [1.54, 1.807) is 30.3 Å². The second-order valence-corrected chi connectivity index (χ2v) is 7.78. The SMILES string of the molecule is COC(=O)C1=C(C(=O)OC)N(c2cc(Br)c(C(=O)O)cc2F)C(N)=C(C#N)C1c1ccccc1. The van der Waals surface area contributed by atoms with Gasteiger partial charge in [-0.1, -0.05) is 30.3 Å². The molecule has 0 saturated carbocycles. The topological polar surface area (TPSA) is 143 Å². The summed E-state index contributed by atoms with van der Waals surface area (Å²) in [6.45, 7) is 0. The second kappa shape index (κ2) is 9.76. The van der Waals surface area contributed by atoms with Crippen LogP contribution < -0.4 is 10.6 Å². The fourth-order valence-corrected chi connectivity index (χ4v) is 4.14. The van der Waals surface area contributed by atoms with Crippen LogP contribution in [0.2, 0.25) is 0 Å². The minimum absolute atomic E-state index is 0.0308. The molecule has 0 amide bonds. The molecule has 0 fully saturated rings. The highest BCUT2D eigenvalue weighted by Crippen LogP contribution is 2.44. The highest BCUT2D eigenvalue weighted by molar-refractivity contribution is 9.10. The summed E-state index contributed by atoms with van der Waals surface area (Å²) in [6, 6.07) is 12.0. The number of halogens is 2. The quantitative estimate of drug-likeness (QED) is 0.557. The van der Waals surface area contributed by atoms with Crippen LogP contribution in [-0.2, 0) is 19.1 Å². The van der Waals surface area contributed by atoms with Crippen LogP contribution in [0.1, 0.15) is 21.8 Å². The van der Waals surface area contributed by atoms with Gasteiger partial charge in [0.15, 0.2) is 0 Å². The lowest BCUT2D eigenvalue weighted by Gasteiger charge is -2.36. The number of esters is 2. The molecule has 1 unspecified atom stereocenters. The van der Waals surface area contributed by atoms with Gasteiger partial charge in [-0.15, -0.1) is 0 Å². The van der Waals surface area contributed by atoms with E-state index in [9.17, 15) is 24.8 Å². The van der Waals surface area contributed by atoms with Crippen LogP contribution in [0.3, 0.4) is 0 Å². The van der Waals surface area contributed by atoms with Gasteiger partial charge in [0.1, 0.15) is 17.3 Å². The minimum atomic E-state index is -1.40. The molecular formula is C23H17BrFN3O6. The van der Waals surface area contributed by atoms with Crippen LogP contribution in [0, 0.1) is 17.1 Å². The normalized spacial score (nSPS) is 15.6. The molecule has 0 radical (unpaired) electrons. The van der Waals surface area contributed by atoms with Crippen molar-refractivity contribution in [2.75, 3.05) is 19.1 Å². The Morgan fingerprint density at radius 1 is 1.15 bits per heavy atom. The number of nitrogens with zero attached hydrogens (tertiary/aromatic N) is 2. The maximum Gasteiger partial charge on any atom is 0.355 e. The molecule has 1 heterocycles. The molecule has 11 heteroatoms. The van der Waals surface area contributed by atoms with Gasteiger partial charge in [0.05, 0.1) is 48.6 Å². The summed E-state index contributed by atoms with van der Waals surface area (Å²) in [5.74, 6) is -5.97. The van der Waals surface area contributed by atoms with Gasteiger partial charge in [-0.2, -0.15) is 5.26 Å². The van der Waals surface area contributed by atoms with Crippen LogP contribution in [0.5, 0.6) is 0 Å². The van der Waals surface area contributed by atoms with Crippen molar-refractivity contribution < 1.29 is 33.4 Å².